The Morgan fingerprint density at radius 1 is 1.33 bits per heavy atom. The summed E-state index contributed by atoms with van der Waals surface area (Å²) in [6, 6.07) is 7.37. The highest BCUT2D eigenvalue weighted by Gasteiger charge is 2.29. The van der Waals surface area contributed by atoms with Crippen LogP contribution in [0.3, 0.4) is 0 Å². The molecule has 7 nitrogen and oxygen atoms in total. The molecule has 2 aliphatic rings. The van der Waals surface area contributed by atoms with Gasteiger partial charge in [0.25, 0.3) is 0 Å². The van der Waals surface area contributed by atoms with Crippen LogP contribution in [0.25, 0.3) is 0 Å². The van der Waals surface area contributed by atoms with Crippen molar-refractivity contribution in [1.82, 2.24) is 15.1 Å². The highest BCUT2D eigenvalue weighted by molar-refractivity contribution is 7.93. The van der Waals surface area contributed by atoms with Crippen molar-refractivity contribution >= 4 is 21.7 Å². The number of benzene rings is 1. The van der Waals surface area contributed by atoms with Crippen LogP contribution in [0.5, 0.6) is 0 Å². The SMILES string of the molecule is CCN(C)CC1CCN(C(=O)NCc2cccc(N3CCCS3(=O)=O)c2)C1. The van der Waals surface area contributed by atoms with Gasteiger partial charge in [0.1, 0.15) is 0 Å². The first-order chi connectivity index (χ1) is 12.9. The summed E-state index contributed by atoms with van der Waals surface area (Å²) in [6.07, 6.45) is 1.70. The number of nitrogens with zero attached hydrogens (tertiary/aromatic N) is 3. The molecule has 27 heavy (non-hydrogen) atoms. The van der Waals surface area contributed by atoms with Crippen LogP contribution in [0.4, 0.5) is 10.5 Å². The topological polar surface area (TPSA) is 73.0 Å². The molecule has 1 unspecified atom stereocenters. The number of sulfonamides is 1. The molecule has 2 saturated heterocycles. The molecular formula is C19H30N4O3S. The van der Waals surface area contributed by atoms with Crippen LogP contribution in [-0.2, 0) is 16.6 Å². The van der Waals surface area contributed by atoms with Gasteiger partial charge in [-0.2, -0.15) is 0 Å². The summed E-state index contributed by atoms with van der Waals surface area (Å²) in [7, 11) is -1.08. The lowest BCUT2D eigenvalue weighted by Crippen LogP contribution is -2.38. The van der Waals surface area contributed by atoms with Crippen LogP contribution < -0.4 is 9.62 Å². The molecule has 1 aromatic rings. The maximum absolute atomic E-state index is 12.5. The summed E-state index contributed by atoms with van der Waals surface area (Å²) in [6.45, 7) is 6.69. The molecule has 0 spiro atoms. The molecule has 1 atom stereocenters. The van der Waals surface area contributed by atoms with Crippen molar-refractivity contribution in [3.63, 3.8) is 0 Å². The van der Waals surface area contributed by atoms with Gasteiger partial charge in [-0.1, -0.05) is 19.1 Å². The van der Waals surface area contributed by atoms with E-state index in [9.17, 15) is 13.2 Å². The van der Waals surface area contributed by atoms with E-state index in [4.69, 9.17) is 0 Å². The molecule has 150 valence electrons. The molecule has 0 aliphatic carbocycles. The average molecular weight is 395 g/mol. The summed E-state index contributed by atoms with van der Waals surface area (Å²) in [4.78, 5) is 16.6. The van der Waals surface area contributed by atoms with Crippen LogP contribution in [0.15, 0.2) is 24.3 Å². The Morgan fingerprint density at radius 3 is 2.85 bits per heavy atom. The lowest BCUT2D eigenvalue weighted by molar-refractivity contribution is 0.204. The smallest absolute Gasteiger partial charge is 0.317 e. The molecule has 1 aromatic carbocycles. The summed E-state index contributed by atoms with van der Waals surface area (Å²) in [5.41, 5.74) is 1.59. The van der Waals surface area contributed by atoms with Gasteiger partial charge in [-0.15, -0.1) is 0 Å². The second kappa shape index (κ2) is 8.48. The Bertz CT molecular complexity index is 768. The lowest BCUT2D eigenvalue weighted by atomic mass is 10.1. The van der Waals surface area contributed by atoms with Crippen molar-refractivity contribution in [2.45, 2.75) is 26.3 Å². The van der Waals surface area contributed by atoms with Crippen molar-refractivity contribution < 1.29 is 13.2 Å². The molecule has 8 heteroatoms. The van der Waals surface area contributed by atoms with Gasteiger partial charge in [0, 0.05) is 32.7 Å². The monoisotopic (exact) mass is 394 g/mol. The van der Waals surface area contributed by atoms with Crippen LogP contribution in [-0.4, -0.2) is 69.8 Å². The summed E-state index contributed by atoms with van der Waals surface area (Å²) >= 11 is 0. The largest absolute Gasteiger partial charge is 0.334 e. The molecule has 2 fully saturated rings. The minimum absolute atomic E-state index is 0.0455. The fourth-order valence-electron chi connectivity index (χ4n) is 3.78. The fourth-order valence-corrected chi connectivity index (χ4v) is 5.33. The lowest BCUT2D eigenvalue weighted by Gasteiger charge is -2.21. The number of likely N-dealkylation sites (tertiary alicyclic amines) is 1. The van der Waals surface area contributed by atoms with E-state index in [1.807, 2.05) is 29.2 Å². The number of carbonyl (C=O) groups excluding carboxylic acids is 1. The van der Waals surface area contributed by atoms with Gasteiger partial charge in [-0.05, 0) is 50.0 Å². The quantitative estimate of drug-likeness (QED) is 0.797. The van der Waals surface area contributed by atoms with E-state index in [0.29, 0.717) is 31.1 Å². The van der Waals surface area contributed by atoms with Crippen molar-refractivity contribution in [2.24, 2.45) is 5.92 Å². The first kappa shape index (κ1) is 19.9. The number of nitrogens with one attached hydrogen (secondary N) is 1. The third-order valence-electron chi connectivity index (χ3n) is 5.42. The van der Waals surface area contributed by atoms with Crippen LogP contribution in [0.1, 0.15) is 25.3 Å². The molecule has 0 radical (unpaired) electrons. The molecule has 2 amide bonds. The average Bonchev–Trinajstić information content (AvgIpc) is 3.25. The zero-order valence-electron chi connectivity index (χ0n) is 16.2. The Hall–Kier alpha value is -1.80. The van der Waals surface area contributed by atoms with E-state index in [1.165, 1.54) is 4.31 Å². The van der Waals surface area contributed by atoms with Crippen LogP contribution in [0.2, 0.25) is 0 Å². The summed E-state index contributed by atoms with van der Waals surface area (Å²) in [5.74, 6) is 0.738. The molecule has 0 saturated carbocycles. The summed E-state index contributed by atoms with van der Waals surface area (Å²) < 4.78 is 25.6. The second-order valence-electron chi connectivity index (χ2n) is 7.53. The first-order valence-electron chi connectivity index (χ1n) is 9.69. The van der Waals surface area contributed by atoms with Gasteiger partial charge in [0.2, 0.25) is 10.0 Å². The highest BCUT2D eigenvalue weighted by Crippen LogP contribution is 2.24. The molecule has 2 aliphatic heterocycles. The van der Waals surface area contributed by atoms with Crippen LogP contribution in [0, 0.1) is 5.92 Å². The molecule has 2 heterocycles. The zero-order valence-corrected chi connectivity index (χ0v) is 17.0. The standard InChI is InChI=1S/C19H30N4O3S/c1-3-21(2)14-17-8-10-22(15-17)19(24)20-13-16-6-4-7-18(12-16)23-9-5-11-27(23,25)26/h4,6-7,12,17H,3,5,8-11,13-15H2,1-2H3,(H,20,24). The number of rotatable bonds is 6. The Balaban J connectivity index is 1.53. The van der Waals surface area contributed by atoms with Gasteiger partial charge >= 0.3 is 6.03 Å². The van der Waals surface area contributed by atoms with Crippen molar-refractivity contribution in [1.29, 1.82) is 0 Å². The number of urea groups is 1. The van der Waals surface area contributed by atoms with Crippen molar-refractivity contribution in [3.8, 4) is 0 Å². The van der Waals surface area contributed by atoms with Crippen molar-refractivity contribution in [3.05, 3.63) is 29.8 Å². The third-order valence-corrected chi connectivity index (χ3v) is 7.29. The maximum atomic E-state index is 12.5. The normalized spacial score (nSPS) is 21.8. The predicted molar refractivity (Wildman–Crippen MR) is 107 cm³/mol. The molecule has 0 aromatic heterocycles. The third kappa shape index (κ3) is 4.93. The molecule has 3 rings (SSSR count). The minimum Gasteiger partial charge on any atom is -0.334 e. The van der Waals surface area contributed by atoms with Gasteiger partial charge in [0.05, 0.1) is 11.4 Å². The second-order valence-corrected chi connectivity index (χ2v) is 9.54. The summed E-state index contributed by atoms with van der Waals surface area (Å²) in [5, 5.41) is 2.97. The van der Waals surface area contributed by atoms with Gasteiger partial charge in [-0.25, -0.2) is 13.2 Å². The number of anilines is 1. The number of carbonyl (C=O) groups is 1. The molecular weight excluding hydrogens is 364 g/mol. The zero-order chi connectivity index (χ0) is 19.4. The van der Waals surface area contributed by atoms with E-state index in [0.717, 1.165) is 38.2 Å². The predicted octanol–water partition coefficient (Wildman–Crippen LogP) is 1.71. The Morgan fingerprint density at radius 2 is 2.15 bits per heavy atom. The Labute approximate surface area is 162 Å². The van der Waals surface area contributed by atoms with E-state index in [2.05, 4.69) is 24.2 Å². The van der Waals surface area contributed by atoms with E-state index < -0.39 is 10.0 Å². The molecule has 0 bridgehead atoms. The number of amides is 2. The van der Waals surface area contributed by atoms with Gasteiger partial charge < -0.3 is 15.1 Å². The van der Waals surface area contributed by atoms with E-state index in [-0.39, 0.29) is 11.8 Å². The number of hydrogen-bond donors (Lipinski definition) is 1. The van der Waals surface area contributed by atoms with Gasteiger partial charge in [0.15, 0.2) is 0 Å². The van der Waals surface area contributed by atoms with Gasteiger partial charge in [-0.3, -0.25) is 4.31 Å². The first-order valence-corrected chi connectivity index (χ1v) is 11.3. The van der Waals surface area contributed by atoms with E-state index in [1.54, 1.807) is 0 Å². The van der Waals surface area contributed by atoms with Crippen LogP contribution >= 0.6 is 0 Å². The van der Waals surface area contributed by atoms with Crippen molar-refractivity contribution in [2.75, 3.05) is 49.8 Å². The molecule has 1 N–H and O–H groups in total. The minimum atomic E-state index is -3.19. The fraction of sp³-hybridized carbons (Fsp3) is 0.632. The Kier molecular flexibility index (Phi) is 6.26. The highest BCUT2D eigenvalue weighted by atomic mass is 32.2. The van der Waals surface area contributed by atoms with E-state index >= 15 is 0 Å². The maximum Gasteiger partial charge on any atom is 0.317 e. The number of hydrogen-bond acceptors (Lipinski definition) is 4.